The summed E-state index contributed by atoms with van der Waals surface area (Å²) in [5, 5.41) is 33.2. The molecule has 23 heteroatoms. The van der Waals surface area contributed by atoms with Crippen LogP contribution >= 0.6 is 0 Å². The largest absolute Gasteiger partial charge is 0.480 e. The Morgan fingerprint density at radius 1 is 0.756 bits per heavy atom. The number of aliphatic carboxylic acids is 1. The van der Waals surface area contributed by atoms with Crippen LogP contribution in [0.1, 0.15) is 116 Å². The average molecular weight is 1090 g/mol. The van der Waals surface area contributed by atoms with Crippen molar-refractivity contribution in [3.8, 4) is 11.1 Å². The van der Waals surface area contributed by atoms with Crippen LogP contribution in [-0.2, 0) is 44.9 Å². The van der Waals surface area contributed by atoms with E-state index in [4.69, 9.17) is 11.5 Å². The van der Waals surface area contributed by atoms with Crippen LogP contribution in [-0.4, -0.2) is 135 Å². The second-order valence-corrected chi connectivity index (χ2v) is 20.7. The number of benzene rings is 2. The quantitative estimate of drug-likeness (QED) is 0.0321. The number of primary amides is 1. The van der Waals surface area contributed by atoms with Crippen LogP contribution in [0.5, 0.6) is 0 Å². The van der Waals surface area contributed by atoms with Gasteiger partial charge in [-0.2, -0.15) is 0 Å². The van der Waals surface area contributed by atoms with Gasteiger partial charge in [0.05, 0.1) is 12.1 Å². The number of nitrogens with zero attached hydrogens (tertiary/aromatic N) is 3. The molecule has 0 spiro atoms. The molecular formula is C55H76F2N10O11. The maximum absolute atomic E-state index is 15.2. The van der Waals surface area contributed by atoms with Crippen molar-refractivity contribution < 1.29 is 62.1 Å². The van der Waals surface area contributed by atoms with E-state index in [1.165, 1.54) is 17.1 Å². The smallest absolute Gasteiger partial charge is 0.326 e. The molecule has 0 aliphatic carbocycles. The number of hydrogen-bond donors (Lipinski definition) is 9. The van der Waals surface area contributed by atoms with Gasteiger partial charge in [0.2, 0.25) is 29.5 Å². The lowest BCUT2D eigenvalue weighted by atomic mass is 9.82. The lowest BCUT2D eigenvalue weighted by Gasteiger charge is -2.41. The molecular weight excluding hydrogens is 1010 g/mol. The summed E-state index contributed by atoms with van der Waals surface area (Å²) in [6.45, 7) is 8.72. The number of unbranched alkanes of at least 4 members (excludes halogenated alkanes) is 3. The molecule has 0 saturated carbocycles. The summed E-state index contributed by atoms with van der Waals surface area (Å²) >= 11 is 0. The minimum atomic E-state index is -1.42. The molecule has 3 aromatic rings. The molecule has 9 amide bonds. The lowest BCUT2D eigenvalue weighted by Crippen LogP contribution is -2.57. The Morgan fingerprint density at radius 2 is 1.41 bits per heavy atom. The van der Waals surface area contributed by atoms with Crippen LogP contribution in [0.3, 0.4) is 0 Å². The van der Waals surface area contributed by atoms with Crippen LogP contribution in [0, 0.1) is 23.0 Å². The minimum absolute atomic E-state index is 0.0188. The molecule has 0 saturated heterocycles. The van der Waals surface area contributed by atoms with Gasteiger partial charge in [0, 0.05) is 74.3 Å². The molecule has 1 unspecified atom stereocenters. The van der Waals surface area contributed by atoms with E-state index in [-0.39, 0.29) is 76.7 Å². The lowest BCUT2D eigenvalue weighted by molar-refractivity contribution is -0.142. The molecule has 0 bridgehead atoms. The van der Waals surface area contributed by atoms with Crippen molar-refractivity contribution in [1.82, 2.24) is 41.0 Å². The number of nitrogens with two attached hydrogens (primary N) is 2. The topological polar surface area (TPSA) is 318 Å². The fraction of sp³-hybridized carbons (Fsp3) is 0.509. The average Bonchev–Trinajstić information content (AvgIpc) is 3.95. The van der Waals surface area contributed by atoms with Crippen molar-refractivity contribution in [3.63, 3.8) is 0 Å². The highest BCUT2D eigenvalue weighted by Gasteiger charge is 2.38. The number of aliphatic hydroxyl groups is 1. The van der Waals surface area contributed by atoms with E-state index in [0.29, 0.717) is 37.1 Å². The van der Waals surface area contributed by atoms with Crippen molar-refractivity contribution in [2.75, 3.05) is 32.8 Å². The number of aliphatic hydroxyl groups excluding tert-OH is 1. The maximum Gasteiger partial charge on any atom is 0.326 e. The normalized spacial score (nSPS) is 14.3. The van der Waals surface area contributed by atoms with Crippen molar-refractivity contribution in [3.05, 3.63) is 95.8 Å². The van der Waals surface area contributed by atoms with Crippen molar-refractivity contribution in [1.29, 1.82) is 0 Å². The number of carboxylic acid groups (broad SMARTS) is 1. The molecule has 4 rings (SSSR count). The van der Waals surface area contributed by atoms with E-state index >= 15 is 4.39 Å². The second-order valence-electron chi connectivity index (χ2n) is 20.7. The van der Waals surface area contributed by atoms with E-state index in [0.717, 1.165) is 28.7 Å². The molecule has 1 aliphatic heterocycles. The number of nitrogens with one attached hydrogen (secondary N) is 5. The van der Waals surface area contributed by atoms with E-state index in [9.17, 15) is 57.8 Å². The first-order valence-electron chi connectivity index (χ1n) is 26.2. The molecule has 21 nitrogen and oxygen atoms in total. The number of carbonyl (C=O) groups excluding carboxylic acids is 8. The number of carbonyl (C=O) groups is 9. The summed E-state index contributed by atoms with van der Waals surface area (Å²) in [5.74, 6) is -7.07. The Morgan fingerprint density at radius 3 is 2.04 bits per heavy atom. The predicted molar refractivity (Wildman–Crippen MR) is 285 cm³/mol. The van der Waals surface area contributed by atoms with Gasteiger partial charge in [0.25, 0.3) is 11.8 Å². The molecule has 5 atom stereocenters. The zero-order valence-corrected chi connectivity index (χ0v) is 45.0. The highest BCUT2D eigenvalue weighted by molar-refractivity contribution is 6.12. The molecule has 0 fully saturated rings. The number of hydrogen-bond acceptors (Lipinski definition) is 11. The Labute approximate surface area is 453 Å². The van der Waals surface area contributed by atoms with Gasteiger partial charge in [-0.05, 0) is 92.5 Å². The Balaban J connectivity index is 1.35. The number of amides is 9. The Hall–Kier alpha value is -7.53. The summed E-state index contributed by atoms with van der Waals surface area (Å²) in [5.41, 5.74) is 12.7. The fourth-order valence-corrected chi connectivity index (χ4v) is 9.07. The highest BCUT2D eigenvalue weighted by Crippen LogP contribution is 2.41. The number of carboxylic acids is 1. The van der Waals surface area contributed by atoms with E-state index in [1.807, 2.05) is 55.7 Å². The third kappa shape index (κ3) is 19.5. The third-order valence-electron chi connectivity index (χ3n) is 13.1. The van der Waals surface area contributed by atoms with Crippen LogP contribution in [0.15, 0.2) is 72.9 Å². The van der Waals surface area contributed by atoms with Crippen LogP contribution in [0.2, 0.25) is 0 Å². The van der Waals surface area contributed by atoms with Gasteiger partial charge in [0.15, 0.2) is 0 Å². The monoisotopic (exact) mass is 1090 g/mol. The number of aromatic nitrogens is 1. The second kappa shape index (κ2) is 30.4. The van der Waals surface area contributed by atoms with Crippen LogP contribution in [0.4, 0.5) is 13.6 Å². The summed E-state index contributed by atoms with van der Waals surface area (Å²) < 4.78 is 31.5. The van der Waals surface area contributed by atoms with E-state index in [2.05, 4.69) is 26.6 Å². The molecule has 1 aromatic heterocycles. The SMILES string of the molecule is CC(C)C(NC(=O)CCCCCN1C(=O)C=CC1=O)C(=O)N[C@@H](CCCNC(N)=O)C(=O)N[C@@H](CCCCNC(=O)[C@@H](N)CCN(C(=O)CO)[C@@H](c1cc(-c2cc(F)ccc2F)cn1Cc1ccccc1)C(C)(C)C)C(=O)O. The number of halogens is 2. The third-order valence-corrected chi connectivity index (χ3v) is 13.1. The molecule has 0 radical (unpaired) electrons. The first kappa shape index (κ1) is 63.0. The van der Waals surface area contributed by atoms with Gasteiger partial charge >= 0.3 is 12.0 Å². The summed E-state index contributed by atoms with van der Waals surface area (Å²) in [6.07, 6.45) is 5.98. The molecule has 2 aromatic carbocycles. The van der Waals surface area contributed by atoms with Crippen molar-refractivity contribution in [2.45, 2.75) is 136 Å². The van der Waals surface area contributed by atoms with E-state index in [1.54, 1.807) is 26.1 Å². The van der Waals surface area contributed by atoms with E-state index < -0.39 is 113 Å². The zero-order valence-electron chi connectivity index (χ0n) is 45.0. The summed E-state index contributed by atoms with van der Waals surface area (Å²) in [4.78, 5) is 117. The molecule has 11 N–H and O–H groups in total. The maximum atomic E-state index is 15.2. The first-order valence-corrected chi connectivity index (χ1v) is 26.2. The summed E-state index contributed by atoms with van der Waals surface area (Å²) in [7, 11) is 0. The Kier molecular flexibility index (Phi) is 24.6. The minimum Gasteiger partial charge on any atom is -0.480 e. The van der Waals surface area contributed by atoms with Gasteiger partial charge in [-0.3, -0.25) is 38.5 Å². The van der Waals surface area contributed by atoms with Gasteiger partial charge in [0.1, 0.15) is 36.4 Å². The highest BCUT2D eigenvalue weighted by atomic mass is 19.1. The molecule has 2 heterocycles. The number of urea groups is 1. The van der Waals surface area contributed by atoms with Crippen molar-refractivity contribution >= 4 is 53.4 Å². The number of imide groups is 1. The molecule has 78 heavy (non-hydrogen) atoms. The van der Waals surface area contributed by atoms with Crippen LogP contribution in [0.25, 0.3) is 11.1 Å². The number of rotatable bonds is 32. The molecule has 1 aliphatic rings. The molecule has 426 valence electrons. The fourth-order valence-electron chi connectivity index (χ4n) is 9.07. The van der Waals surface area contributed by atoms with Crippen molar-refractivity contribution in [2.24, 2.45) is 22.8 Å². The standard InChI is InChI=1S/C55H76F2N10O11/c1-34(2)48(64-44(69)19-10-7-13-27-66-45(70)22-23-46(66)71)52(75)62-41(18-14-26-61-54(59)78)51(74)63-42(53(76)77)17-11-12-25-60-50(73)40(58)24-28-67(47(72)33-68)49(55(3,4)5)43-29-36(38-30-37(56)20-21-39(38)57)32-65(43)31-35-15-8-6-9-16-35/h6,8-9,15-16,20-23,29-30,32,34,40-42,48-49,68H,7,10-14,17-19,24-28,31,33,58H2,1-5H3,(H,60,73)(H,62,75)(H,63,74)(H,64,69)(H,76,77)(H3,59,61,78)/t40-,41-,42-,48?,49-/m0/s1. The van der Waals surface area contributed by atoms with Gasteiger partial charge in [-0.25, -0.2) is 18.4 Å². The first-order chi connectivity index (χ1) is 36.9. The Bertz CT molecular complexity index is 2590. The van der Waals surface area contributed by atoms with Gasteiger partial charge in [-0.1, -0.05) is 71.4 Å². The van der Waals surface area contributed by atoms with Gasteiger partial charge in [-0.15, -0.1) is 0 Å². The van der Waals surface area contributed by atoms with Gasteiger partial charge < -0.3 is 57.7 Å². The summed E-state index contributed by atoms with van der Waals surface area (Å²) in [6, 6.07) is 7.74. The van der Waals surface area contributed by atoms with Crippen LogP contribution < -0.4 is 38.1 Å². The predicted octanol–water partition coefficient (Wildman–Crippen LogP) is 3.52. The zero-order chi connectivity index (χ0) is 57.7.